The summed E-state index contributed by atoms with van der Waals surface area (Å²) in [4.78, 5) is 24.0. The second-order valence-corrected chi connectivity index (χ2v) is 17.5. The highest BCUT2D eigenvalue weighted by atomic mass is 32.2. The molecule has 244 valence electrons. The van der Waals surface area contributed by atoms with Crippen molar-refractivity contribution in [1.82, 2.24) is 9.97 Å². The molecule has 4 aromatic rings. The summed E-state index contributed by atoms with van der Waals surface area (Å²) in [5.41, 5.74) is 0.608. The van der Waals surface area contributed by atoms with Gasteiger partial charge in [0.2, 0.25) is 0 Å². The van der Waals surface area contributed by atoms with Crippen LogP contribution in [0.15, 0.2) is 77.5 Å². The number of aliphatic hydroxyl groups is 2. The third-order valence-electron chi connectivity index (χ3n) is 13.7. The SMILES string of the molecule is COc1ccc2nc(SCC3(O)CCC4C56C=CC7(C=C5C(=O)c5cc8ccccc8s5)CC(O)CCC7(C)C6CCC43C)[nH]c2c1. The fourth-order valence-corrected chi connectivity index (χ4v) is 13.4. The number of thiophene rings is 1. The van der Waals surface area contributed by atoms with Gasteiger partial charge in [-0.25, -0.2) is 4.98 Å². The second kappa shape index (κ2) is 10.1. The van der Waals surface area contributed by atoms with Crippen molar-refractivity contribution in [1.29, 1.82) is 0 Å². The number of Topliss-reactive ketones (excluding diaryl/α,β-unsaturated/α-hetero) is 1. The molecule has 0 saturated heterocycles. The lowest BCUT2D eigenvalue weighted by Crippen LogP contribution is -2.67. The molecule has 2 aromatic carbocycles. The Kier molecular flexibility index (Phi) is 6.46. The summed E-state index contributed by atoms with van der Waals surface area (Å²) >= 11 is 3.18. The largest absolute Gasteiger partial charge is 0.497 e. The predicted molar refractivity (Wildman–Crippen MR) is 188 cm³/mol. The predicted octanol–water partition coefficient (Wildman–Crippen LogP) is 8.35. The van der Waals surface area contributed by atoms with Crippen molar-refractivity contribution in [2.45, 2.75) is 75.7 Å². The number of ether oxygens (including phenoxy) is 1. The van der Waals surface area contributed by atoms with E-state index in [9.17, 15) is 15.0 Å². The van der Waals surface area contributed by atoms with Crippen LogP contribution in [-0.4, -0.2) is 50.5 Å². The molecule has 6 aliphatic carbocycles. The highest BCUT2D eigenvalue weighted by Crippen LogP contribution is 2.78. The lowest BCUT2D eigenvalue weighted by atomic mass is 9.33. The second-order valence-electron chi connectivity index (χ2n) is 15.5. The zero-order valence-corrected chi connectivity index (χ0v) is 28.8. The molecule has 6 aliphatic rings. The van der Waals surface area contributed by atoms with Gasteiger partial charge in [-0.05, 0) is 91.8 Å². The topological polar surface area (TPSA) is 95.4 Å². The molecule has 8 heteroatoms. The molecule has 2 spiro atoms. The van der Waals surface area contributed by atoms with Crippen LogP contribution in [-0.2, 0) is 0 Å². The Morgan fingerprint density at radius 3 is 2.66 bits per heavy atom. The highest BCUT2D eigenvalue weighted by Gasteiger charge is 2.74. The Morgan fingerprint density at radius 1 is 1.04 bits per heavy atom. The van der Waals surface area contributed by atoms with Crippen LogP contribution in [0, 0.1) is 33.5 Å². The number of nitrogens with zero attached hydrogens (tertiary/aromatic N) is 1. The van der Waals surface area contributed by atoms with E-state index in [2.05, 4.69) is 55.3 Å². The van der Waals surface area contributed by atoms with Gasteiger partial charge in [-0.2, -0.15) is 0 Å². The van der Waals surface area contributed by atoms with Crippen LogP contribution in [0.25, 0.3) is 21.1 Å². The number of carbonyl (C=O) groups excluding carboxylic acids is 1. The van der Waals surface area contributed by atoms with Crippen LogP contribution < -0.4 is 4.74 Å². The monoisotopic (exact) mass is 666 g/mol. The molecule has 3 N–H and O–H groups in total. The summed E-state index contributed by atoms with van der Waals surface area (Å²) in [6.07, 6.45) is 12.6. The fourth-order valence-electron chi connectivity index (χ4n) is 11.2. The lowest BCUT2D eigenvalue weighted by Gasteiger charge is -2.71. The van der Waals surface area contributed by atoms with E-state index < -0.39 is 11.0 Å². The summed E-state index contributed by atoms with van der Waals surface area (Å²) in [5, 5.41) is 25.6. The molecule has 0 radical (unpaired) electrons. The number of ketones is 1. The van der Waals surface area contributed by atoms with Crippen LogP contribution in [0.2, 0.25) is 0 Å². The lowest BCUT2D eigenvalue weighted by molar-refractivity contribution is -0.166. The van der Waals surface area contributed by atoms with Gasteiger partial charge in [0.05, 0.1) is 34.7 Å². The number of hydrogen-bond acceptors (Lipinski definition) is 7. The number of thioether (sulfide) groups is 1. The molecule has 8 atom stereocenters. The number of imidazole rings is 1. The van der Waals surface area contributed by atoms with Crippen LogP contribution in [0.3, 0.4) is 0 Å². The number of benzene rings is 2. The number of rotatable bonds is 6. The van der Waals surface area contributed by atoms with Gasteiger partial charge in [-0.15, -0.1) is 11.3 Å². The summed E-state index contributed by atoms with van der Waals surface area (Å²) < 4.78 is 6.53. The molecular weight excluding hydrogens is 625 g/mol. The minimum Gasteiger partial charge on any atom is -0.497 e. The van der Waals surface area contributed by atoms with E-state index in [0.29, 0.717) is 18.6 Å². The van der Waals surface area contributed by atoms with Gasteiger partial charge < -0.3 is 19.9 Å². The summed E-state index contributed by atoms with van der Waals surface area (Å²) in [6.45, 7) is 4.74. The molecule has 2 heterocycles. The molecule has 0 aliphatic heterocycles. The Balaban J connectivity index is 1.11. The van der Waals surface area contributed by atoms with Crippen molar-refractivity contribution in [3.63, 3.8) is 0 Å². The molecule has 0 amide bonds. The molecule has 10 rings (SSSR count). The highest BCUT2D eigenvalue weighted by molar-refractivity contribution is 7.99. The zero-order chi connectivity index (χ0) is 32.4. The number of methoxy groups -OCH3 is 1. The number of fused-ring (bicyclic) bond motifs is 3. The molecule has 3 saturated carbocycles. The van der Waals surface area contributed by atoms with Crippen LogP contribution in [0.5, 0.6) is 5.75 Å². The van der Waals surface area contributed by atoms with Crippen molar-refractivity contribution in [2.75, 3.05) is 12.9 Å². The first-order valence-electron chi connectivity index (χ1n) is 17.1. The number of aromatic amines is 1. The van der Waals surface area contributed by atoms with E-state index in [1.54, 1.807) is 30.2 Å². The third kappa shape index (κ3) is 3.93. The Hall–Kier alpha value is -2.91. The molecule has 47 heavy (non-hydrogen) atoms. The molecule has 6 nitrogen and oxygen atoms in total. The average Bonchev–Trinajstić information content (AvgIpc) is 3.76. The first-order chi connectivity index (χ1) is 22.5. The molecule has 2 aromatic heterocycles. The maximum absolute atomic E-state index is 14.9. The Labute approximate surface area is 283 Å². The van der Waals surface area contributed by atoms with E-state index in [4.69, 9.17) is 9.72 Å². The minimum absolute atomic E-state index is 0.0446. The molecule has 2 bridgehead atoms. The van der Waals surface area contributed by atoms with Gasteiger partial charge in [-0.3, -0.25) is 4.79 Å². The number of nitrogens with one attached hydrogen (secondary N) is 1. The maximum atomic E-state index is 14.9. The van der Waals surface area contributed by atoms with Crippen molar-refractivity contribution < 1.29 is 19.7 Å². The third-order valence-corrected chi connectivity index (χ3v) is 15.9. The van der Waals surface area contributed by atoms with E-state index in [1.807, 2.05) is 30.3 Å². The summed E-state index contributed by atoms with van der Waals surface area (Å²) in [5.74, 6) is 1.86. The smallest absolute Gasteiger partial charge is 0.199 e. The van der Waals surface area contributed by atoms with Crippen molar-refractivity contribution in [2.24, 2.45) is 33.5 Å². The van der Waals surface area contributed by atoms with Gasteiger partial charge in [0.15, 0.2) is 10.9 Å². The fraction of sp³-hybridized carbons (Fsp3) is 0.487. The Bertz CT molecular complexity index is 1980. The number of carbonyl (C=O) groups is 1. The van der Waals surface area contributed by atoms with E-state index in [1.165, 1.54) is 0 Å². The number of allylic oxidation sites excluding steroid dienone is 4. The molecule has 3 fully saturated rings. The maximum Gasteiger partial charge on any atom is 0.199 e. The van der Waals surface area contributed by atoms with Crippen LogP contribution >= 0.6 is 23.1 Å². The van der Waals surface area contributed by atoms with Gasteiger partial charge in [0.25, 0.3) is 0 Å². The minimum atomic E-state index is -0.909. The van der Waals surface area contributed by atoms with Crippen LogP contribution in [0.4, 0.5) is 0 Å². The van der Waals surface area contributed by atoms with Gasteiger partial charge >= 0.3 is 0 Å². The number of hydrogen-bond donors (Lipinski definition) is 3. The first kappa shape index (κ1) is 30.2. The van der Waals surface area contributed by atoms with Gasteiger partial charge in [0.1, 0.15) is 5.75 Å². The van der Waals surface area contributed by atoms with E-state index >= 15 is 0 Å². The van der Waals surface area contributed by atoms with Crippen molar-refractivity contribution >= 4 is 50.0 Å². The van der Waals surface area contributed by atoms with Gasteiger partial charge in [-0.1, -0.05) is 62.0 Å². The van der Waals surface area contributed by atoms with Gasteiger partial charge in [0, 0.05) is 38.3 Å². The zero-order valence-electron chi connectivity index (χ0n) is 27.2. The average molecular weight is 667 g/mol. The Morgan fingerprint density at radius 2 is 1.83 bits per heavy atom. The number of aromatic nitrogens is 2. The van der Waals surface area contributed by atoms with Crippen molar-refractivity contribution in [3.05, 3.63) is 77.2 Å². The van der Waals surface area contributed by atoms with E-state index in [0.717, 1.165) is 74.6 Å². The summed E-state index contributed by atoms with van der Waals surface area (Å²) in [6, 6.07) is 16.1. The van der Waals surface area contributed by atoms with Crippen molar-refractivity contribution in [3.8, 4) is 5.75 Å². The normalized spacial score (nSPS) is 38.7. The standard InChI is InChI=1S/C39H42N2O4S2/c1-35-13-10-24(42)20-37(35)16-17-39(26(21-37)33(43)30-18-23-6-4-5-7-29(23)47-30)31(35)11-14-36(2)32(39)12-15-38(36,44)22-46-34-40-27-9-8-25(45-3)19-28(27)41-34/h4-9,16-19,21,24,31-32,42,44H,10-15,20,22H2,1-3H3,(H,40,41). The van der Waals surface area contributed by atoms with E-state index in [-0.39, 0.29) is 40.0 Å². The quantitative estimate of drug-likeness (QED) is 0.109. The molecular formula is C39H42N2O4S2. The first-order valence-corrected chi connectivity index (χ1v) is 18.9. The number of aliphatic hydroxyl groups excluding tert-OH is 1. The summed E-state index contributed by atoms with van der Waals surface area (Å²) in [7, 11) is 1.66. The molecule has 8 unspecified atom stereocenters. The van der Waals surface area contributed by atoms with Crippen LogP contribution in [0.1, 0.15) is 68.5 Å². The number of H-pyrrole nitrogens is 1.